The molecule has 23 valence electrons. The maximum Gasteiger partial charge on any atom is 0 e. The van der Waals surface area contributed by atoms with Crippen LogP contribution in [0.4, 0.5) is 0 Å². The molecule has 0 fully saturated rings. The third kappa shape index (κ3) is 43.5. The molecule has 0 rings (SSSR count). The van der Waals surface area contributed by atoms with Gasteiger partial charge in [0.05, 0.1) is 0 Å². The van der Waals surface area contributed by atoms with Gasteiger partial charge in [0.25, 0.3) is 0 Å². The summed E-state index contributed by atoms with van der Waals surface area (Å²) in [5.74, 6) is 0. The monoisotopic (exact) mass is 117 g/mol. The van der Waals surface area contributed by atoms with E-state index in [0.717, 1.165) is 0 Å². The Bertz CT molecular complexity index is 10.8. The van der Waals surface area contributed by atoms with Gasteiger partial charge in [0.15, 0.2) is 0 Å². The first kappa shape index (κ1) is 8.85. The maximum atomic E-state index is 3.36. The Labute approximate surface area is 38.2 Å². The Morgan fingerprint density at radius 3 is 1.75 bits per heavy atom. The summed E-state index contributed by atoms with van der Waals surface area (Å²) in [6.07, 6.45) is 1.75. The van der Waals surface area contributed by atoms with Gasteiger partial charge in [-0.25, -0.2) is 0 Å². The fourth-order valence-corrected chi connectivity index (χ4v) is 0. The second kappa shape index (κ2) is 10.3. The van der Waals surface area contributed by atoms with Crippen LogP contribution in [-0.4, -0.2) is 18.0 Å². The molecule has 0 amide bonds. The van der Waals surface area contributed by atoms with E-state index in [-0.39, 0.29) is 18.0 Å². The van der Waals surface area contributed by atoms with Crippen LogP contribution in [-0.2, 0) is 0 Å². The topological polar surface area (TPSA) is 0 Å². The molecule has 0 aromatic rings. The molecular weight excluding hydrogens is 111 g/mol. The van der Waals surface area contributed by atoms with Gasteiger partial charge in [-0.1, -0.05) is 6.08 Å². The van der Waals surface area contributed by atoms with Crippen LogP contribution in [0.5, 0.6) is 0 Å². The van der Waals surface area contributed by atoms with Gasteiger partial charge in [-0.15, -0.1) is 6.58 Å². The van der Waals surface area contributed by atoms with Gasteiger partial charge < -0.3 is 0 Å². The minimum atomic E-state index is 0. The van der Waals surface area contributed by atoms with E-state index >= 15 is 0 Å². The normalized spacial score (nSPS) is 3.25. The van der Waals surface area contributed by atoms with Crippen molar-refractivity contribution in [3.05, 3.63) is 12.7 Å². The number of rotatable bonds is 0. The predicted octanol–water partition coefficient (Wildman–Crippen LogP) is 0.811. The summed E-state index contributed by atoms with van der Waals surface area (Å²) in [6.45, 7) is 5.25. The Hall–Kier alpha value is 0.298. The third-order valence-electron chi connectivity index (χ3n) is 0. The molecule has 0 N–H and O–H groups in total. The minimum Gasteiger partial charge on any atom is -0.103 e. The molecule has 0 heterocycles. The van der Waals surface area contributed by atoms with Gasteiger partial charge in [-0.2, -0.15) is 0 Å². The van der Waals surface area contributed by atoms with Crippen LogP contribution in [0.3, 0.4) is 0 Å². The molecule has 1 heteroatoms. The summed E-state index contributed by atoms with van der Waals surface area (Å²) < 4.78 is 0. The van der Waals surface area contributed by atoms with Gasteiger partial charge in [0.2, 0.25) is 0 Å². The molecule has 0 aromatic heterocycles. The zero-order valence-electron chi connectivity index (χ0n) is 2.73. The molecule has 0 saturated heterocycles. The van der Waals surface area contributed by atoms with E-state index in [0.29, 0.717) is 0 Å². The molecule has 0 nitrogen and oxygen atoms in total. The van der Waals surface area contributed by atoms with Gasteiger partial charge in [-0.05, 0) is 6.92 Å². The molecule has 0 aromatic carbocycles. The van der Waals surface area contributed by atoms with E-state index in [9.17, 15) is 0 Å². The fourth-order valence-electron chi connectivity index (χ4n) is 0. The molecule has 0 saturated carbocycles. The van der Waals surface area contributed by atoms with Crippen molar-refractivity contribution >= 4 is 18.0 Å². The molecule has 4 heavy (non-hydrogen) atoms. The summed E-state index contributed by atoms with van der Waals surface area (Å²) in [6, 6.07) is 0. The van der Waals surface area contributed by atoms with Crippen LogP contribution in [0.25, 0.3) is 0 Å². The second-order valence-electron chi connectivity index (χ2n) is 0.408. The fraction of sp³-hybridized carbons (Fsp3) is 0.333. The van der Waals surface area contributed by atoms with Crippen LogP contribution >= 0.6 is 0 Å². The van der Waals surface area contributed by atoms with E-state index < -0.39 is 0 Å². The average Bonchev–Trinajstić information content (AvgIpc) is 0.918. The van der Waals surface area contributed by atoms with Crippen LogP contribution in [0.2, 0.25) is 0 Å². The Kier molecular flexibility index (Phi) is 22.9. The van der Waals surface area contributed by atoms with Crippen molar-refractivity contribution in [2.45, 2.75) is 6.92 Å². The van der Waals surface area contributed by atoms with Crippen molar-refractivity contribution in [2.24, 2.45) is 0 Å². The van der Waals surface area contributed by atoms with Crippen molar-refractivity contribution < 1.29 is 0 Å². The first-order chi connectivity index (χ1) is 1.41. The van der Waals surface area contributed by atoms with Gasteiger partial charge in [0.1, 0.15) is 0 Å². The van der Waals surface area contributed by atoms with Crippen molar-refractivity contribution in [3.63, 3.8) is 0 Å². The summed E-state index contributed by atoms with van der Waals surface area (Å²) >= 11 is 0. The maximum absolute atomic E-state index is 3.36. The van der Waals surface area contributed by atoms with Crippen molar-refractivity contribution in [1.82, 2.24) is 0 Å². The van der Waals surface area contributed by atoms with Crippen LogP contribution < -0.4 is 0 Å². The summed E-state index contributed by atoms with van der Waals surface area (Å²) in [4.78, 5) is 0. The van der Waals surface area contributed by atoms with Crippen molar-refractivity contribution in [2.75, 3.05) is 0 Å². The number of allylic oxidation sites excluding steroid dienone is 1. The van der Waals surface area contributed by atoms with Crippen LogP contribution in [0.1, 0.15) is 6.92 Å². The Balaban J connectivity index is 0. The van der Waals surface area contributed by atoms with Gasteiger partial charge in [0, 0.05) is 18.0 Å². The molecule has 3 radical (unpaired) electrons. The largest absolute Gasteiger partial charge is 0.103 e. The number of hydrogen-bond donors (Lipinski definition) is 0. The smallest absolute Gasteiger partial charge is 0 e. The van der Waals surface area contributed by atoms with Crippen molar-refractivity contribution in [1.29, 1.82) is 0 Å². The molecule has 0 aliphatic heterocycles. The average molecular weight is 117 g/mol. The summed E-state index contributed by atoms with van der Waals surface area (Å²) in [5.41, 5.74) is 0. The summed E-state index contributed by atoms with van der Waals surface area (Å²) in [7, 11) is 0. The molecule has 0 bridgehead atoms. The summed E-state index contributed by atoms with van der Waals surface area (Å²) in [5, 5.41) is 0. The zero-order valence-corrected chi connectivity index (χ0v) is 4.61. The first-order valence-electron chi connectivity index (χ1n) is 0.986. The van der Waals surface area contributed by atoms with Crippen LogP contribution in [0, 0.1) is 0 Å². The standard InChI is InChI=1S/C3H6.As/c1-3-2;/h3H,1H2,2H3;. The van der Waals surface area contributed by atoms with E-state index in [1.807, 2.05) is 6.92 Å². The van der Waals surface area contributed by atoms with E-state index in [1.165, 1.54) is 0 Å². The molecule has 0 aliphatic rings. The quantitative estimate of drug-likeness (QED) is 0.325. The van der Waals surface area contributed by atoms with E-state index in [4.69, 9.17) is 0 Å². The minimum absolute atomic E-state index is 0. The Morgan fingerprint density at radius 1 is 1.75 bits per heavy atom. The van der Waals surface area contributed by atoms with Gasteiger partial charge >= 0.3 is 0 Å². The molecule has 0 aliphatic carbocycles. The molecule has 0 unspecified atom stereocenters. The molecular formula is C3H6As. The third-order valence-corrected chi connectivity index (χ3v) is 0. The molecule has 0 spiro atoms. The van der Waals surface area contributed by atoms with Crippen LogP contribution in [0.15, 0.2) is 12.7 Å². The number of hydrogen-bond acceptors (Lipinski definition) is 0. The van der Waals surface area contributed by atoms with Gasteiger partial charge in [-0.3, -0.25) is 0 Å². The zero-order chi connectivity index (χ0) is 2.71. The predicted molar refractivity (Wildman–Crippen MR) is 21.6 cm³/mol. The Morgan fingerprint density at radius 2 is 1.75 bits per heavy atom. The SMILES string of the molecule is C=CC.[As]. The van der Waals surface area contributed by atoms with Crippen molar-refractivity contribution in [3.8, 4) is 0 Å². The second-order valence-corrected chi connectivity index (χ2v) is 0.408. The van der Waals surface area contributed by atoms with E-state index in [2.05, 4.69) is 6.58 Å². The first-order valence-corrected chi connectivity index (χ1v) is 0.986. The van der Waals surface area contributed by atoms with E-state index in [1.54, 1.807) is 6.08 Å². The molecule has 0 atom stereocenters.